The van der Waals surface area contributed by atoms with Crippen molar-refractivity contribution < 1.29 is 4.79 Å². The van der Waals surface area contributed by atoms with E-state index in [4.69, 9.17) is 0 Å². The third kappa shape index (κ3) is 3.68. The first-order valence-corrected chi connectivity index (χ1v) is 6.59. The van der Waals surface area contributed by atoms with Gasteiger partial charge in [0.25, 0.3) is 0 Å². The summed E-state index contributed by atoms with van der Waals surface area (Å²) < 4.78 is 0. The molecule has 0 saturated heterocycles. The Bertz CT molecular complexity index is 546. The zero-order valence-electron chi connectivity index (χ0n) is 11.4. The molecule has 0 unspecified atom stereocenters. The number of amides is 1. The number of carbonyl (C=O) groups excluding carboxylic acids is 1. The molecular weight excluding hydrogens is 234 g/mol. The van der Waals surface area contributed by atoms with Crippen molar-refractivity contribution in [1.29, 1.82) is 0 Å². The maximum atomic E-state index is 11.6. The SMILES string of the molecule is CC(C)C(=O)NCc1cccc(-c2ccccc2)c1. The van der Waals surface area contributed by atoms with Gasteiger partial charge in [-0.2, -0.15) is 0 Å². The van der Waals surface area contributed by atoms with Gasteiger partial charge in [0, 0.05) is 12.5 Å². The van der Waals surface area contributed by atoms with Crippen LogP contribution >= 0.6 is 0 Å². The summed E-state index contributed by atoms with van der Waals surface area (Å²) in [4.78, 5) is 11.6. The molecule has 2 heteroatoms. The largest absolute Gasteiger partial charge is 0.352 e. The Hall–Kier alpha value is -2.09. The van der Waals surface area contributed by atoms with Crippen LogP contribution in [0.1, 0.15) is 19.4 Å². The predicted octanol–water partition coefficient (Wildman–Crippen LogP) is 3.63. The second-order valence-electron chi connectivity index (χ2n) is 4.94. The lowest BCUT2D eigenvalue weighted by molar-refractivity contribution is -0.124. The van der Waals surface area contributed by atoms with E-state index in [9.17, 15) is 4.79 Å². The summed E-state index contributed by atoms with van der Waals surface area (Å²) in [6.45, 7) is 4.38. The summed E-state index contributed by atoms with van der Waals surface area (Å²) in [5.74, 6) is 0.113. The van der Waals surface area contributed by atoms with Crippen LogP contribution in [-0.4, -0.2) is 5.91 Å². The fourth-order valence-electron chi connectivity index (χ4n) is 1.88. The molecule has 0 aromatic heterocycles. The van der Waals surface area contributed by atoms with Crippen LogP contribution in [0.4, 0.5) is 0 Å². The number of rotatable bonds is 4. The van der Waals surface area contributed by atoms with E-state index >= 15 is 0 Å². The first kappa shape index (κ1) is 13.3. The summed E-state index contributed by atoms with van der Waals surface area (Å²) >= 11 is 0. The van der Waals surface area contributed by atoms with E-state index < -0.39 is 0 Å². The zero-order valence-corrected chi connectivity index (χ0v) is 11.4. The van der Waals surface area contributed by atoms with Crippen molar-refractivity contribution in [2.45, 2.75) is 20.4 Å². The molecule has 2 rings (SSSR count). The van der Waals surface area contributed by atoms with Crippen molar-refractivity contribution in [3.05, 3.63) is 60.2 Å². The number of benzene rings is 2. The highest BCUT2D eigenvalue weighted by atomic mass is 16.1. The van der Waals surface area contributed by atoms with Crippen molar-refractivity contribution in [3.8, 4) is 11.1 Å². The molecule has 1 amide bonds. The zero-order chi connectivity index (χ0) is 13.7. The van der Waals surface area contributed by atoms with Gasteiger partial charge in [0.2, 0.25) is 5.91 Å². The molecule has 0 saturated carbocycles. The first-order valence-electron chi connectivity index (χ1n) is 6.59. The maximum absolute atomic E-state index is 11.6. The van der Waals surface area contributed by atoms with Gasteiger partial charge in [-0.3, -0.25) is 4.79 Å². The van der Waals surface area contributed by atoms with E-state index in [1.165, 1.54) is 11.1 Å². The summed E-state index contributed by atoms with van der Waals surface area (Å²) in [6, 6.07) is 18.5. The molecule has 0 spiro atoms. The summed E-state index contributed by atoms with van der Waals surface area (Å²) in [6.07, 6.45) is 0. The lowest BCUT2D eigenvalue weighted by Crippen LogP contribution is -2.27. The Balaban J connectivity index is 2.10. The van der Waals surface area contributed by atoms with E-state index in [0.717, 1.165) is 5.56 Å². The van der Waals surface area contributed by atoms with Crippen molar-refractivity contribution in [3.63, 3.8) is 0 Å². The lowest BCUT2D eigenvalue weighted by Gasteiger charge is -2.09. The topological polar surface area (TPSA) is 29.1 Å². The van der Waals surface area contributed by atoms with Crippen LogP contribution < -0.4 is 5.32 Å². The fraction of sp³-hybridized carbons (Fsp3) is 0.235. The average molecular weight is 253 g/mol. The van der Waals surface area contributed by atoms with Gasteiger partial charge in [0.05, 0.1) is 0 Å². The monoisotopic (exact) mass is 253 g/mol. The van der Waals surface area contributed by atoms with Crippen LogP contribution in [0.2, 0.25) is 0 Å². The fourth-order valence-corrected chi connectivity index (χ4v) is 1.88. The molecule has 19 heavy (non-hydrogen) atoms. The summed E-state index contributed by atoms with van der Waals surface area (Å²) in [5.41, 5.74) is 3.49. The molecule has 1 N–H and O–H groups in total. The van der Waals surface area contributed by atoms with E-state index in [1.54, 1.807) is 0 Å². The quantitative estimate of drug-likeness (QED) is 0.885. The standard InChI is InChI=1S/C17H19NO/c1-13(2)17(19)18-12-14-7-6-10-16(11-14)15-8-4-3-5-9-15/h3-11,13H,12H2,1-2H3,(H,18,19). The third-order valence-corrected chi connectivity index (χ3v) is 3.03. The number of carbonyl (C=O) groups is 1. The van der Waals surface area contributed by atoms with Gasteiger partial charge in [-0.15, -0.1) is 0 Å². The summed E-state index contributed by atoms with van der Waals surface area (Å²) in [5, 5.41) is 2.94. The molecule has 2 aromatic rings. The van der Waals surface area contributed by atoms with Crippen LogP contribution in [0.3, 0.4) is 0 Å². The molecule has 0 aliphatic rings. The second kappa shape index (κ2) is 6.19. The Kier molecular flexibility index (Phi) is 4.35. The average Bonchev–Trinajstić information content (AvgIpc) is 2.46. The molecular formula is C17H19NO. The van der Waals surface area contributed by atoms with Gasteiger partial charge in [-0.25, -0.2) is 0 Å². The Labute approximate surface area is 114 Å². The van der Waals surface area contributed by atoms with Gasteiger partial charge in [0.1, 0.15) is 0 Å². The Morgan fingerprint density at radius 3 is 2.37 bits per heavy atom. The van der Waals surface area contributed by atoms with Crippen molar-refractivity contribution >= 4 is 5.91 Å². The molecule has 0 aliphatic heterocycles. The highest BCUT2D eigenvalue weighted by Crippen LogP contribution is 2.19. The van der Waals surface area contributed by atoms with Gasteiger partial charge in [0.15, 0.2) is 0 Å². The molecule has 98 valence electrons. The normalized spacial score (nSPS) is 10.5. The number of hydrogen-bond acceptors (Lipinski definition) is 1. The molecule has 0 heterocycles. The Morgan fingerprint density at radius 1 is 1.00 bits per heavy atom. The minimum absolute atomic E-state index is 0.0253. The molecule has 0 aliphatic carbocycles. The van der Waals surface area contributed by atoms with Gasteiger partial charge >= 0.3 is 0 Å². The van der Waals surface area contributed by atoms with E-state index in [2.05, 4.69) is 29.6 Å². The molecule has 2 aromatic carbocycles. The van der Waals surface area contributed by atoms with Crippen LogP contribution in [0.15, 0.2) is 54.6 Å². The summed E-state index contributed by atoms with van der Waals surface area (Å²) in [7, 11) is 0. The molecule has 0 atom stereocenters. The van der Waals surface area contributed by atoms with Crippen molar-refractivity contribution in [2.24, 2.45) is 5.92 Å². The van der Waals surface area contributed by atoms with Crippen molar-refractivity contribution in [2.75, 3.05) is 0 Å². The highest BCUT2D eigenvalue weighted by Gasteiger charge is 2.06. The van der Waals surface area contributed by atoms with Crippen LogP contribution in [0, 0.1) is 5.92 Å². The highest BCUT2D eigenvalue weighted by molar-refractivity contribution is 5.77. The first-order chi connectivity index (χ1) is 9.16. The van der Waals surface area contributed by atoms with Crippen molar-refractivity contribution in [1.82, 2.24) is 5.32 Å². The second-order valence-corrected chi connectivity index (χ2v) is 4.94. The maximum Gasteiger partial charge on any atom is 0.222 e. The van der Waals surface area contributed by atoms with E-state index in [-0.39, 0.29) is 11.8 Å². The molecule has 0 bridgehead atoms. The van der Waals surface area contributed by atoms with Crippen LogP contribution in [0.25, 0.3) is 11.1 Å². The minimum Gasteiger partial charge on any atom is -0.352 e. The predicted molar refractivity (Wildman–Crippen MR) is 78.6 cm³/mol. The smallest absolute Gasteiger partial charge is 0.222 e. The van der Waals surface area contributed by atoms with Gasteiger partial charge in [-0.1, -0.05) is 62.4 Å². The van der Waals surface area contributed by atoms with E-state index in [1.807, 2.05) is 44.2 Å². The molecule has 2 nitrogen and oxygen atoms in total. The van der Waals surface area contributed by atoms with Gasteiger partial charge < -0.3 is 5.32 Å². The number of nitrogens with one attached hydrogen (secondary N) is 1. The lowest BCUT2D eigenvalue weighted by atomic mass is 10.0. The minimum atomic E-state index is 0.0253. The van der Waals surface area contributed by atoms with Crippen LogP contribution in [-0.2, 0) is 11.3 Å². The van der Waals surface area contributed by atoms with Crippen LogP contribution in [0.5, 0.6) is 0 Å². The third-order valence-electron chi connectivity index (χ3n) is 3.03. The van der Waals surface area contributed by atoms with Gasteiger partial charge in [-0.05, 0) is 22.8 Å². The Morgan fingerprint density at radius 2 is 1.68 bits per heavy atom. The van der Waals surface area contributed by atoms with E-state index in [0.29, 0.717) is 6.54 Å². The number of hydrogen-bond donors (Lipinski definition) is 1. The molecule has 0 fully saturated rings. The molecule has 0 radical (unpaired) electrons.